The van der Waals surface area contributed by atoms with Gasteiger partial charge in [-0.05, 0) is 60.6 Å². The molecule has 1 aliphatic carbocycles. The molecule has 134 valence electrons. The summed E-state index contributed by atoms with van der Waals surface area (Å²) in [5.74, 6) is 1.17. The second kappa shape index (κ2) is 6.58. The van der Waals surface area contributed by atoms with Gasteiger partial charge in [-0.25, -0.2) is 19.3 Å². The fourth-order valence-corrected chi connectivity index (χ4v) is 3.52. The van der Waals surface area contributed by atoms with Gasteiger partial charge in [-0.2, -0.15) is 0 Å². The summed E-state index contributed by atoms with van der Waals surface area (Å²) in [4.78, 5) is 13.7. The zero-order valence-corrected chi connectivity index (χ0v) is 14.8. The molecule has 27 heavy (non-hydrogen) atoms. The molecule has 1 saturated carbocycles. The van der Waals surface area contributed by atoms with Crippen molar-refractivity contribution in [2.75, 3.05) is 0 Å². The van der Waals surface area contributed by atoms with Gasteiger partial charge in [0, 0.05) is 42.3 Å². The van der Waals surface area contributed by atoms with Crippen LogP contribution in [0.4, 0.5) is 4.39 Å². The van der Waals surface area contributed by atoms with E-state index in [0.717, 1.165) is 41.0 Å². The smallest absolute Gasteiger partial charge is 0.161 e. The van der Waals surface area contributed by atoms with Gasteiger partial charge in [0.15, 0.2) is 5.82 Å². The summed E-state index contributed by atoms with van der Waals surface area (Å²) < 4.78 is 15.5. The van der Waals surface area contributed by atoms with Crippen LogP contribution in [0.25, 0.3) is 22.4 Å². The molecular weight excluding hydrogens is 339 g/mol. The Bertz CT molecular complexity index is 1100. The number of aryl methyl sites for hydroxylation is 2. The Morgan fingerprint density at radius 1 is 1.04 bits per heavy atom. The maximum atomic E-state index is 13.4. The van der Waals surface area contributed by atoms with Crippen LogP contribution in [0.3, 0.4) is 0 Å². The van der Waals surface area contributed by atoms with Crippen molar-refractivity contribution in [1.29, 1.82) is 0 Å². The molecule has 0 amide bonds. The van der Waals surface area contributed by atoms with Crippen LogP contribution in [0, 0.1) is 5.82 Å². The predicted molar refractivity (Wildman–Crippen MR) is 103 cm³/mol. The standard InChI is InChI=1S/C22H19FN4/c23-18-4-1-3-15(11-18)8-10-27-14-20(19-5-2-9-24-22(19)27)21-25-12-17(13-26-21)16-6-7-16/h1-5,9,11-14,16H,6-8,10H2. The molecule has 0 N–H and O–H groups in total. The van der Waals surface area contributed by atoms with Crippen LogP contribution in [-0.4, -0.2) is 19.5 Å². The molecule has 3 aromatic heterocycles. The van der Waals surface area contributed by atoms with Gasteiger partial charge in [0.25, 0.3) is 0 Å². The van der Waals surface area contributed by atoms with E-state index in [1.54, 1.807) is 18.3 Å². The SMILES string of the molecule is Fc1cccc(CCn2cc(-c3ncc(C4CC4)cn3)c3cccnc32)c1. The quantitative estimate of drug-likeness (QED) is 0.517. The minimum atomic E-state index is -0.201. The van der Waals surface area contributed by atoms with Crippen LogP contribution in [-0.2, 0) is 13.0 Å². The molecule has 0 unspecified atom stereocenters. The van der Waals surface area contributed by atoms with Crippen LogP contribution in [0.5, 0.6) is 0 Å². The van der Waals surface area contributed by atoms with Gasteiger partial charge in [0.2, 0.25) is 0 Å². The van der Waals surface area contributed by atoms with Gasteiger partial charge in [0.1, 0.15) is 11.5 Å². The predicted octanol–water partition coefficient (Wildman–Crippen LogP) is 4.75. The van der Waals surface area contributed by atoms with E-state index in [0.29, 0.717) is 5.92 Å². The number of rotatable bonds is 5. The Kier molecular flexibility index (Phi) is 3.93. The fraction of sp³-hybridized carbons (Fsp3) is 0.227. The normalized spacial score (nSPS) is 14.0. The summed E-state index contributed by atoms with van der Waals surface area (Å²) in [5, 5.41) is 1.04. The lowest BCUT2D eigenvalue weighted by Gasteiger charge is -2.05. The monoisotopic (exact) mass is 358 g/mol. The number of pyridine rings is 1. The highest BCUT2D eigenvalue weighted by Gasteiger charge is 2.24. The number of nitrogens with zero attached hydrogens (tertiary/aromatic N) is 4. The third-order valence-corrected chi connectivity index (χ3v) is 5.13. The first-order chi connectivity index (χ1) is 13.3. The average molecular weight is 358 g/mol. The summed E-state index contributed by atoms with van der Waals surface area (Å²) in [5.41, 5.74) is 4.09. The van der Waals surface area contributed by atoms with E-state index in [9.17, 15) is 4.39 Å². The molecule has 5 heteroatoms. The van der Waals surface area contributed by atoms with Gasteiger partial charge in [-0.15, -0.1) is 0 Å². The van der Waals surface area contributed by atoms with Crippen LogP contribution in [0.1, 0.15) is 29.9 Å². The van der Waals surface area contributed by atoms with Crippen molar-refractivity contribution in [2.45, 2.75) is 31.7 Å². The average Bonchev–Trinajstić information content (AvgIpc) is 3.48. The van der Waals surface area contributed by atoms with Crippen molar-refractivity contribution in [1.82, 2.24) is 19.5 Å². The number of halogens is 1. The van der Waals surface area contributed by atoms with E-state index in [4.69, 9.17) is 0 Å². The Morgan fingerprint density at radius 2 is 1.89 bits per heavy atom. The minimum absolute atomic E-state index is 0.201. The minimum Gasteiger partial charge on any atom is -0.331 e. The maximum Gasteiger partial charge on any atom is 0.161 e. The van der Waals surface area contributed by atoms with E-state index in [2.05, 4.69) is 31.8 Å². The highest BCUT2D eigenvalue weighted by molar-refractivity contribution is 5.92. The van der Waals surface area contributed by atoms with Gasteiger partial charge < -0.3 is 4.57 Å². The van der Waals surface area contributed by atoms with Crippen LogP contribution in [0.2, 0.25) is 0 Å². The molecule has 0 atom stereocenters. The third-order valence-electron chi connectivity index (χ3n) is 5.13. The molecule has 5 rings (SSSR count). The number of aromatic nitrogens is 4. The van der Waals surface area contributed by atoms with Gasteiger partial charge in [-0.3, -0.25) is 0 Å². The number of hydrogen-bond acceptors (Lipinski definition) is 3. The topological polar surface area (TPSA) is 43.6 Å². The molecule has 1 fully saturated rings. The molecule has 1 aromatic carbocycles. The van der Waals surface area contributed by atoms with Gasteiger partial charge in [-0.1, -0.05) is 12.1 Å². The highest BCUT2D eigenvalue weighted by atomic mass is 19.1. The Morgan fingerprint density at radius 3 is 2.67 bits per heavy atom. The third kappa shape index (κ3) is 3.21. The Balaban J connectivity index is 1.48. The van der Waals surface area contributed by atoms with Gasteiger partial charge in [0.05, 0.1) is 0 Å². The van der Waals surface area contributed by atoms with E-state index in [1.807, 2.05) is 24.5 Å². The molecule has 4 aromatic rings. The first kappa shape index (κ1) is 16.1. The van der Waals surface area contributed by atoms with Crippen molar-refractivity contribution in [3.05, 3.63) is 78.1 Å². The first-order valence-electron chi connectivity index (χ1n) is 9.28. The van der Waals surface area contributed by atoms with Crippen LogP contribution in [0.15, 0.2) is 61.2 Å². The zero-order chi connectivity index (χ0) is 18.2. The molecule has 4 nitrogen and oxygen atoms in total. The fourth-order valence-electron chi connectivity index (χ4n) is 3.52. The largest absolute Gasteiger partial charge is 0.331 e. The second-order valence-electron chi connectivity index (χ2n) is 7.10. The molecular formula is C22H19FN4. The van der Waals surface area contributed by atoms with E-state index >= 15 is 0 Å². The summed E-state index contributed by atoms with van der Waals surface area (Å²) in [6.45, 7) is 0.719. The van der Waals surface area contributed by atoms with E-state index in [1.165, 1.54) is 24.5 Å². The lowest BCUT2D eigenvalue weighted by molar-refractivity contribution is 0.622. The van der Waals surface area contributed by atoms with E-state index < -0.39 is 0 Å². The summed E-state index contributed by atoms with van der Waals surface area (Å²) in [7, 11) is 0. The van der Waals surface area contributed by atoms with Crippen molar-refractivity contribution in [2.24, 2.45) is 0 Å². The molecule has 3 heterocycles. The van der Waals surface area contributed by atoms with Crippen LogP contribution < -0.4 is 0 Å². The second-order valence-corrected chi connectivity index (χ2v) is 7.10. The first-order valence-corrected chi connectivity index (χ1v) is 9.28. The molecule has 0 saturated heterocycles. The highest BCUT2D eigenvalue weighted by Crippen LogP contribution is 2.39. The summed E-state index contributed by atoms with van der Waals surface area (Å²) in [6, 6.07) is 10.7. The van der Waals surface area contributed by atoms with Gasteiger partial charge >= 0.3 is 0 Å². The van der Waals surface area contributed by atoms with Crippen molar-refractivity contribution in [3.63, 3.8) is 0 Å². The van der Waals surface area contributed by atoms with Crippen molar-refractivity contribution >= 4 is 11.0 Å². The Labute approximate surface area is 156 Å². The molecule has 0 radical (unpaired) electrons. The molecule has 1 aliphatic rings. The molecule has 0 aliphatic heterocycles. The maximum absolute atomic E-state index is 13.4. The van der Waals surface area contributed by atoms with E-state index in [-0.39, 0.29) is 5.82 Å². The Hall–Kier alpha value is -3.08. The summed E-state index contributed by atoms with van der Waals surface area (Å²) in [6.07, 6.45) is 11.0. The molecule has 0 bridgehead atoms. The van der Waals surface area contributed by atoms with Crippen molar-refractivity contribution in [3.8, 4) is 11.4 Å². The zero-order valence-electron chi connectivity index (χ0n) is 14.8. The van der Waals surface area contributed by atoms with Crippen LogP contribution >= 0.6 is 0 Å². The number of fused-ring (bicyclic) bond motifs is 1. The summed E-state index contributed by atoms with van der Waals surface area (Å²) >= 11 is 0. The lowest BCUT2D eigenvalue weighted by atomic mass is 10.1. The van der Waals surface area contributed by atoms with Crippen molar-refractivity contribution < 1.29 is 4.39 Å². The number of hydrogen-bond donors (Lipinski definition) is 0. The lowest BCUT2D eigenvalue weighted by Crippen LogP contribution is -2.01. The number of benzene rings is 1. The molecule has 0 spiro atoms.